The number of quaternary nitrogens is 1. The highest BCUT2D eigenvalue weighted by molar-refractivity contribution is 8.03. The van der Waals surface area contributed by atoms with Crippen LogP contribution in [0.4, 0.5) is 0 Å². The number of pyridine rings is 1. The molecule has 2 atom stereocenters. The number of thioether (sulfide) groups is 1. The van der Waals surface area contributed by atoms with Gasteiger partial charge in [-0.1, -0.05) is 25.6 Å². The summed E-state index contributed by atoms with van der Waals surface area (Å²) < 4.78 is 0. The summed E-state index contributed by atoms with van der Waals surface area (Å²) in [5.74, 6) is 0.910. The third-order valence-corrected chi connectivity index (χ3v) is 5.56. The van der Waals surface area contributed by atoms with E-state index < -0.39 is 0 Å². The molecule has 1 N–H and O–H groups in total. The highest BCUT2D eigenvalue weighted by Crippen LogP contribution is 2.34. The molecule has 19 heavy (non-hydrogen) atoms. The van der Waals surface area contributed by atoms with E-state index in [-0.39, 0.29) is 0 Å². The lowest BCUT2D eigenvalue weighted by Crippen LogP contribution is -3.11. The fourth-order valence-electron chi connectivity index (χ4n) is 3.20. The van der Waals surface area contributed by atoms with Gasteiger partial charge in [0.25, 0.3) is 0 Å². The zero-order valence-electron chi connectivity index (χ0n) is 11.7. The number of rotatable bonds is 2. The van der Waals surface area contributed by atoms with Crippen molar-refractivity contribution in [2.45, 2.75) is 50.9 Å². The van der Waals surface area contributed by atoms with E-state index in [1.165, 1.54) is 41.1 Å². The van der Waals surface area contributed by atoms with Gasteiger partial charge in [-0.15, -0.1) is 4.91 Å². The molecule has 102 valence electrons. The minimum Gasteiger partial charge on any atom is -0.445 e. The minimum absolute atomic E-state index is 0.465. The lowest BCUT2D eigenvalue weighted by molar-refractivity contribution is -0.902. The molecule has 1 fully saturated rings. The molecule has 0 radical (unpaired) electrons. The zero-order valence-corrected chi connectivity index (χ0v) is 12.5. The van der Waals surface area contributed by atoms with Gasteiger partial charge in [0.1, 0.15) is 5.37 Å². The summed E-state index contributed by atoms with van der Waals surface area (Å²) in [5.41, 5.74) is 1.34. The Morgan fingerprint density at radius 1 is 1.32 bits per heavy atom. The van der Waals surface area contributed by atoms with Crippen LogP contribution in [-0.2, 0) is 0 Å². The Bertz CT molecular complexity index is 449. The van der Waals surface area contributed by atoms with Gasteiger partial charge in [-0.2, -0.15) is 0 Å². The van der Waals surface area contributed by atoms with E-state index in [2.05, 4.69) is 31.1 Å². The van der Waals surface area contributed by atoms with Crippen molar-refractivity contribution in [3.63, 3.8) is 0 Å². The zero-order chi connectivity index (χ0) is 13.2. The van der Waals surface area contributed by atoms with Crippen LogP contribution in [0.15, 0.2) is 29.4 Å². The second-order valence-electron chi connectivity index (χ2n) is 5.88. The maximum Gasteiger partial charge on any atom is 0.141 e. The van der Waals surface area contributed by atoms with Crippen molar-refractivity contribution >= 4 is 11.8 Å². The maximum absolute atomic E-state index is 4.28. The first-order valence-electron chi connectivity index (χ1n) is 7.28. The van der Waals surface area contributed by atoms with E-state index in [0.717, 1.165) is 12.0 Å². The third kappa shape index (κ3) is 2.87. The van der Waals surface area contributed by atoms with Crippen LogP contribution >= 0.6 is 11.8 Å². The predicted molar refractivity (Wildman–Crippen MR) is 79.4 cm³/mol. The Morgan fingerprint density at radius 3 is 2.79 bits per heavy atom. The Labute approximate surface area is 120 Å². The molecule has 2 unspecified atom stereocenters. The number of nitrogens with one attached hydrogen (secondary N) is 1. The molecule has 1 aromatic heterocycles. The Morgan fingerprint density at radius 2 is 2.11 bits per heavy atom. The molecular formula is C16H22N2S. The fourth-order valence-corrected chi connectivity index (χ4v) is 4.39. The van der Waals surface area contributed by atoms with Crippen LogP contribution in [0.5, 0.6) is 0 Å². The summed E-state index contributed by atoms with van der Waals surface area (Å²) >= 11 is 1.95. The largest absolute Gasteiger partial charge is 0.445 e. The second kappa shape index (κ2) is 5.68. The maximum atomic E-state index is 4.28. The second-order valence-corrected chi connectivity index (χ2v) is 7.20. The predicted octanol–water partition coefficient (Wildman–Crippen LogP) is 2.96. The summed E-state index contributed by atoms with van der Waals surface area (Å²) in [6.07, 6.45) is 13.0. The number of hydrogen-bond donors (Lipinski definition) is 1. The van der Waals surface area contributed by atoms with Crippen molar-refractivity contribution in [2.24, 2.45) is 5.92 Å². The molecule has 0 spiro atoms. The van der Waals surface area contributed by atoms with Crippen LogP contribution in [0.25, 0.3) is 0 Å². The Balaban J connectivity index is 1.78. The average Bonchev–Trinajstić information content (AvgIpc) is 2.83. The number of nitrogens with zero attached hydrogens (tertiary/aromatic N) is 1. The van der Waals surface area contributed by atoms with Gasteiger partial charge in [-0.05, 0) is 43.7 Å². The quantitative estimate of drug-likeness (QED) is 0.835. The number of aromatic nitrogens is 1. The lowest BCUT2D eigenvalue weighted by Gasteiger charge is -2.39. The molecule has 3 heteroatoms. The van der Waals surface area contributed by atoms with Gasteiger partial charge < -0.3 is 4.90 Å². The monoisotopic (exact) mass is 274 g/mol. The first kappa shape index (κ1) is 13.2. The number of hydrogen-bond acceptors (Lipinski definition) is 2. The summed E-state index contributed by atoms with van der Waals surface area (Å²) in [7, 11) is 0. The lowest BCUT2D eigenvalue weighted by atomic mass is 9.86. The highest BCUT2D eigenvalue weighted by atomic mass is 32.2. The van der Waals surface area contributed by atoms with Crippen molar-refractivity contribution in [1.29, 1.82) is 0 Å². The average molecular weight is 274 g/mol. The third-order valence-electron chi connectivity index (χ3n) is 4.34. The molecule has 0 saturated heterocycles. The molecule has 1 aromatic rings. The summed E-state index contributed by atoms with van der Waals surface area (Å²) in [6.45, 7) is 4.57. The van der Waals surface area contributed by atoms with Crippen LogP contribution in [0.1, 0.15) is 50.5 Å². The van der Waals surface area contributed by atoms with Gasteiger partial charge in [0.05, 0.1) is 6.04 Å². The molecule has 0 aromatic carbocycles. The van der Waals surface area contributed by atoms with Gasteiger partial charge >= 0.3 is 0 Å². The molecule has 2 nitrogen and oxygen atoms in total. The van der Waals surface area contributed by atoms with Gasteiger partial charge in [0.15, 0.2) is 0 Å². The van der Waals surface area contributed by atoms with E-state index in [1.54, 1.807) is 0 Å². The standard InChI is InChI=1S/C16H22N2S/c1-12-5-7-15(8-6-12)18-11-13(2)19-16(18)14-4-3-9-17-10-14/h3-4,9-10,12,15-16,18H,5-8H2,1-2H3. The van der Waals surface area contributed by atoms with Crippen molar-refractivity contribution < 1.29 is 4.90 Å². The fraction of sp³-hybridized carbons (Fsp3) is 0.562. The molecule has 1 aliphatic carbocycles. The van der Waals surface area contributed by atoms with Gasteiger partial charge in [0.2, 0.25) is 0 Å². The van der Waals surface area contributed by atoms with Gasteiger partial charge in [-0.25, -0.2) is 6.20 Å². The van der Waals surface area contributed by atoms with E-state index in [4.69, 9.17) is 0 Å². The smallest absolute Gasteiger partial charge is 0.141 e. The highest BCUT2D eigenvalue weighted by Gasteiger charge is 2.31. The van der Waals surface area contributed by atoms with Crippen LogP contribution < -0.4 is 4.90 Å². The van der Waals surface area contributed by atoms with Crippen LogP contribution in [-0.4, -0.2) is 11.0 Å². The molecule has 2 aliphatic rings. The first-order valence-corrected chi connectivity index (χ1v) is 8.16. The van der Waals surface area contributed by atoms with Gasteiger partial charge in [-0.3, -0.25) is 4.98 Å². The Hall–Kier alpha value is -0.800. The first-order chi connectivity index (χ1) is 9.24. The van der Waals surface area contributed by atoms with E-state index >= 15 is 0 Å². The van der Waals surface area contributed by atoms with Crippen molar-refractivity contribution in [3.8, 4) is 0 Å². The Kier molecular flexibility index (Phi) is 3.94. The van der Waals surface area contributed by atoms with Crippen molar-refractivity contribution in [2.75, 3.05) is 0 Å². The van der Waals surface area contributed by atoms with Crippen LogP contribution in [0.2, 0.25) is 0 Å². The topological polar surface area (TPSA) is 17.3 Å². The van der Waals surface area contributed by atoms with E-state index in [0.29, 0.717) is 5.37 Å². The molecule has 0 bridgehead atoms. The minimum atomic E-state index is 0.465. The summed E-state index contributed by atoms with van der Waals surface area (Å²) in [5, 5.41) is 0.465. The number of allylic oxidation sites excluding steroid dienone is 1. The molecule has 0 amide bonds. The summed E-state index contributed by atoms with van der Waals surface area (Å²) in [6, 6.07) is 4.99. The van der Waals surface area contributed by atoms with E-state index in [9.17, 15) is 0 Å². The SMILES string of the molecule is CC1=[C-][NH+](C2CCC(C)CC2)C(c2cccnc2)S1. The van der Waals surface area contributed by atoms with Crippen molar-refractivity contribution in [1.82, 2.24) is 4.98 Å². The van der Waals surface area contributed by atoms with Gasteiger partial charge in [0, 0.05) is 18.0 Å². The van der Waals surface area contributed by atoms with Crippen molar-refractivity contribution in [3.05, 3.63) is 41.2 Å². The normalized spacial score (nSPS) is 35.2. The van der Waals surface area contributed by atoms with E-state index in [1.807, 2.05) is 30.2 Å². The van der Waals surface area contributed by atoms with Crippen LogP contribution in [0.3, 0.4) is 0 Å². The molecule has 1 saturated carbocycles. The molecule has 3 rings (SSSR count). The molecule has 2 heterocycles. The molecular weight excluding hydrogens is 252 g/mol. The van der Waals surface area contributed by atoms with Crippen LogP contribution in [0, 0.1) is 12.1 Å². The summed E-state index contributed by atoms with van der Waals surface area (Å²) in [4.78, 5) is 7.15. The molecule has 1 aliphatic heterocycles.